The number of nitrogens with zero attached hydrogens (tertiary/aromatic N) is 1. The Balaban J connectivity index is 1.75. The molecule has 1 unspecified atom stereocenters. The fourth-order valence-electron chi connectivity index (χ4n) is 2.16. The third kappa shape index (κ3) is 2.16. The number of fused-ring (bicyclic) bond motifs is 1. The molecule has 0 aliphatic heterocycles. The monoisotopic (exact) mass is 252 g/mol. The van der Waals surface area contributed by atoms with E-state index in [1.54, 1.807) is 11.3 Å². The summed E-state index contributed by atoms with van der Waals surface area (Å²) in [6, 6.07) is 0.613. The lowest BCUT2D eigenvalue weighted by molar-refractivity contribution is -0.145. The number of hydrogen-bond acceptors (Lipinski definition) is 5. The minimum Gasteiger partial charge on any atom is -0.465 e. The van der Waals surface area contributed by atoms with Crippen LogP contribution in [0.4, 0.5) is 5.13 Å². The third-order valence-electron chi connectivity index (χ3n) is 3.19. The van der Waals surface area contributed by atoms with Crippen LogP contribution >= 0.6 is 11.3 Å². The lowest BCUT2D eigenvalue weighted by Crippen LogP contribution is -2.14. The van der Waals surface area contributed by atoms with Crippen LogP contribution in [0.5, 0.6) is 0 Å². The van der Waals surface area contributed by atoms with Gasteiger partial charge in [-0.05, 0) is 32.6 Å². The van der Waals surface area contributed by atoms with Gasteiger partial charge in [0.25, 0.3) is 0 Å². The van der Waals surface area contributed by atoms with Gasteiger partial charge in [0, 0.05) is 10.9 Å². The topological polar surface area (TPSA) is 51.2 Å². The van der Waals surface area contributed by atoms with Gasteiger partial charge in [-0.25, -0.2) is 4.98 Å². The van der Waals surface area contributed by atoms with Crippen molar-refractivity contribution in [2.24, 2.45) is 0 Å². The molecule has 0 spiro atoms. The molecule has 5 heteroatoms. The number of anilines is 1. The predicted molar refractivity (Wildman–Crippen MR) is 66.5 cm³/mol. The summed E-state index contributed by atoms with van der Waals surface area (Å²) in [5.41, 5.74) is 0.955. The zero-order valence-electron chi connectivity index (χ0n) is 9.86. The van der Waals surface area contributed by atoms with E-state index in [9.17, 15) is 4.79 Å². The molecule has 1 atom stereocenters. The number of carbonyl (C=O) groups is 1. The summed E-state index contributed by atoms with van der Waals surface area (Å²) in [5.74, 6) is -0.245. The lowest BCUT2D eigenvalue weighted by Gasteiger charge is -2.07. The van der Waals surface area contributed by atoms with Crippen molar-refractivity contribution in [2.75, 3.05) is 11.9 Å². The van der Waals surface area contributed by atoms with E-state index in [4.69, 9.17) is 4.74 Å². The number of rotatable bonds is 4. The molecule has 92 valence electrons. The zero-order valence-corrected chi connectivity index (χ0v) is 10.7. The van der Waals surface area contributed by atoms with Crippen LogP contribution in [0, 0.1) is 0 Å². The Labute approximate surface area is 104 Å². The van der Waals surface area contributed by atoms with Gasteiger partial charge in [-0.3, -0.25) is 4.79 Å². The number of nitrogens with one attached hydrogen (secondary N) is 1. The second-order valence-corrected chi connectivity index (χ2v) is 5.67. The second kappa shape index (κ2) is 4.29. The van der Waals surface area contributed by atoms with E-state index < -0.39 is 0 Å². The number of ether oxygens (including phenoxy) is 1. The average Bonchev–Trinajstić information content (AvgIpc) is 2.86. The summed E-state index contributed by atoms with van der Waals surface area (Å²) in [6.45, 7) is 2.29. The maximum atomic E-state index is 11.8. The molecule has 0 aromatic carbocycles. The van der Waals surface area contributed by atoms with Gasteiger partial charge in [0.1, 0.15) is 5.92 Å². The molecular formula is C12H16N2O2S. The number of thiazole rings is 1. The van der Waals surface area contributed by atoms with Crippen molar-refractivity contribution < 1.29 is 9.53 Å². The highest BCUT2D eigenvalue weighted by molar-refractivity contribution is 7.15. The fraction of sp³-hybridized carbons (Fsp3) is 0.667. The molecule has 17 heavy (non-hydrogen) atoms. The minimum atomic E-state index is -0.129. The Morgan fingerprint density at radius 3 is 3.06 bits per heavy atom. The third-order valence-corrected chi connectivity index (χ3v) is 4.26. The number of esters is 1. The van der Waals surface area contributed by atoms with Crippen LogP contribution in [0.1, 0.15) is 42.7 Å². The second-order valence-electron chi connectivity index (χ2n) is 4.59. The molecule has 0 saturated heterocycles. The normalized spacial score (nSPS) is 22.3. The zero-order chi connectivity index (χ0) is 11.8. The first-order valence-corrected chi connectivity index (χ1v) is 7.02. The molecule has 1 heterocycles. The van der Waals surface area contributed by atoms with Crippen LogP contribution in [-0.2, 0) is 16.0 Å². The Bertz CT molecular complexity index is 440. The molecule has 0 bridgehead atoms. The molecule has 1 fully saturated rings. The molecule has 0 radical (unpaired) electrons. The summed E-state index contributed by atoms with van der Waals surface area (Å²) < 4.78 is 5.09. The van der Waals surface area contributed by atoms with Gasteiger partial charge >= 0.3 is 5.97 Å². The van der Waals surface area contributed by atoms with E-state index in [0.717, 1.165) is 23.7 Å². The molecule has 3 rings (SSSR count). The molecule has 2 aliphatic rings. The van der Waals surface area contributed by atoms with Crippen molar-refractivity contribution in [3.63, 3.8) is 0 Å². The maximum absolute atomic E-state index is 11.8. The van der Waals surface area contributed by atoms with E-state index in [2.05, 4.69) is 10.3 Å². The summed E-state index contributed by atoms with van der Waals surface area (Å²) in [5, 5.41) is 4.37. The van der Waals surface area contributed by atoms with E-state index in [1.807, 2.05) is 6.92 Å². The smallest absolute Gasteiger partial charge is 0.315 e. The quantitative estimate of drug-likeness (QED) is 0.835. The SMILES string of the molecule is CCOC(=O)C1CCc2sc(NC3CC3)nc21. The standard InChI is InChI=1S/C12H16N2O2S/c1-2-16-11(15)8-5-6-9-10(8)14-12(17-9)13-7-3-4-7/h7-8H,2-6H2,1H3,(H,13,14). The van der Waals surface area contributed by atoms with Gasteiger partial charge in [-0.1, -0.05) is 0 Å². The molecule has 4 nitrogen and oxygen atoms in total. The van der Waals surface area contributed by atoms with Gasteiger partial charge in [0.05, 0.1) is 12.3 Å². The van der Waals surface area contributed by atoms with Crippen molar-refractivity contribution in [1.29, 1.82) is 0 Å². The number of aromatic nitrogens is 1. The van der Waals surface area contributed by atoms with Crippen LogP contribution in [-0.4, -0.2) is 23.6 Å². The Kier molecular flexibility index (Phi) is 2.78. The van der Waals surface area contributed by atoms with E-state index in [-0.39, 0.29) is 11.9 Å². The predicted octanol–water partition coefficient (Wildman–Crippen LogP) is 2.31. The largest absolute Gasteiger partial charge is 0.465 e. The van der Waals surface area contributed by atoms with Crippen LogP contribution in [0.3, 0.4) is 0 Å². The molecular weight excluding hydrogens is 236 g/mol. The fourth-order valence-corrected chi connectivity index (χ4v) is 3.28. The van der Waals surface area contributed by atoms with Crippen LogP contribution < -0.4 is 5.32 Å². The Morgan fingerprint density at radius 1 is 1.53 bits per heavy atom. The Morgan fingerprint density at radius 2 is 2.35 bits per heavy atom. The van der Waals surface area contributed by atoms with Crippen LogP contribution in [0.2, 0.25) is 0 Å². The average molecular weight is 252 g/mol. The van der Waals surface area contributed by atoms with Crippen molar-refractivity contribution in [3.05, 3.63) is 10.6 Å². The molecule has 1 aromatic heterocycles. The Hall–Kier alpha value is -1.10. The first-order valence-electron chi connectivity index (χ1n) is 6.20. The van der Waals surface area contributed by atoms with Crippen molar-refractivity contribution >= 4 is 22.4 Å². The van der Waals surface area contributed by atoms with E-state index in [0.29, 0.717) is 12.6 Å². The molecule has 1 saturated carbocycles. The van der Waals surface area contributed by atoms with Crippen molar-refractivity contribution in [1.82, 2.24) is 4.98 Å². The van der Waals surface area contributed by atoms with Gasteiger partial charge in [0.15, 0.2) is 5.13 Å². The molecule has 1 aromatic rings. The number of aryl methyl sites for hydroxylation is 1. The van der Waals surface area contributed by atoms with Crippen LogP contribution in [0.15, 0.2) is 0 Å². The summed E-state index contributed by atoms with van der Waals surface area (Å²) in [7, 11) is 0. The van der Waals surface area contributed by atoms with Gasteiger partial charge in [-0.15, -0.1) is 11.3 Å². The van der Waals surface area contributed by atoms with Gasteiger partial charge in [0.2, 0.25) is 0 Å². The maximum Gasteiger partial charge on any atom is 0.315 e. The number of carbonyl (C=O) groups excluding carboxylic acids is 1. The highest BCUT2D eigenvalue weighted by Crippen LogP contribution is 2.40. The number of hydrogen-bond donors (Lipinski definition) is 1. The van der Waals surface area contributed by atoms with Crippen molar-refractivity contribution in [2.45, 2.75) is 44.6 Å². The highest BCUT2D eigenvalue weighted by atomic mass is 32.1. The molecule has 1 N–H and O–H groups in total. The van der Waals surface area contributed by atoms with Gasteiger partial charge < -0.3 is 10.1 Å². The lowest BCUT2D eigenvalue weighted by atomic mass is 10.1. The summed E-state index contributed by atoms with van der Waals surface area (Å²) >= 11 is 1.70. The summed E-state index contributed by atoms with van der Waals surface area (Å²) in [4.78, 5) is 17.6. The van der Waals surface area contributed by atoms with E-state index in [1.165, 1.54) is 17.7 Å². The molecule has 0 amide bonds. The van der Waals surface area contributed by atoms with Gasteiger partial charge in [-0.2, -0.15) is 0 Å². The molecule has 2 aliphatic carbocycles. The first kappa shape index (κ1) is 11.0. The highest BCUT2D eigenvalue weighted by Gasteiger charge is 2.34. The minimum absolute atomic E-state index is 0.116. The van der Waals surface area contributed by atoms with E-state index >= 15 is 0 Å². The van der Waals surface area contributed by atoms with Crippen molar-refractivity contribution in [3.8, 4) is 0 Å². The first-order chi connectivity index (χ1) is 8.28. The van der Waals surface area contributed by atoms with Crippen LogP contribution in [0.25, 0.3) is 0 Å². The summed E-state index contributed by atoms with van der Waals surface area (Å²) in [6.07, 6.45) is 4.30.